The van der Waals surface area contributed by atoms with Crippen LogP contribution in [0.2, 0.25) is 0 Å². The number of hydrogen-bond donors (Lipinski definition) is 0. The van der Waals surface area contributed by atoms with Crippen molar-refractivity contribution in [1.29, 1.82) is 0 Å². The molecule has 2 nitrogen and oxygen atoms in total. The van der Waals surface area contributed by atoms with Crippen LogP contribution in [0.4, 0.5) is 0 Å². The Bertz CT molecular complexity index is 416. The molecule has 0 bridgehead atoms. The summed E-state index contributed by atoms with van der Waals surface area (Å²) in [6.45, 7) is 9.45. The summed E-state index contributed by atoms with van der Waals surface area (Å²) >= 11 is 0. The van der Waals surface area contributed by atoms with Crippen molar-refractivity contribution >= 4 is 6.29 Å². The zero-order valence-corrected chi connectivity index (χ0v) is 10.4. The van der Waals surface area contributed by atoms with E-state index < -0.39 is 0 Å². The molecule has 1 aliphatic rings. The largest absolute Gasteiger partial charge is 0.379 e. The fourth-order valence-electron chi connectivity index (χ4n) is 2.56. The van der Waals surface area contributed by atoms with Gasteiger partial charge in [-0.1, -0.05) is 6.07 Å². The van der Waals surface area contributed by atoms with Gasteiger partial charge in [-0.15, -0.1) is 0 Å². The van der Waals surface area contributed by atoms with E-state index in [0.717, 1.165) is 6.29 Å². The van der Waals surface area contributed by atoms with E-state index in [1.807, 2.05) is 0 Å². The minimum atomic E-state index is -0.384. The van der Waals surface area contributed by atoms with Crippen molar-refractivity contribution in [1.82, 2.24) is 0 Å². The lowest BCUT2D eigenvalue weighted by Gasteiger charge is -2.39. The summed E-state index contributed by atoms with van der Waals surface area (Å²) in [5, 5.41) is 0. The summed E-state index contributed by atoms with van der Waals surface area (Å²) in [4.78, 5) is 11.4. The normalized spacial score (nSPS) is 18.0. The molecule has 0 radical (unpaired) electrons. The molecule has 2 rings (SSSR count). The van der Waals surface area contributed by atoms with E-state index >= 15 is 0 Å². The number of carbonyl (C=O) groups is 1. The van der Waals surface area contributed by atoms with Crippen LogP contribution in [0.5, 0.6) is 0 Å². The summed E-state index contributed by atoms with van der Waals surface area (Å²) in [5.74, 6) is 0. The van der Waals surface area contributed by atoms with Gasteiger partial charge in [0.25, 0.3) is 0 Å². The standard InChI is InChI=1S/C14H18O2/c1-9-5-10(2)12(4)13(11(9)3)14(6-15)7-16-8-14/h5-6H,7-8H2,1-4H3. The van der Waals surface area contributed by atoms with E-state index in [1.165, 1.54) is 27.8 Å². The molecule has 1 aromatic rings. The number of benzene rings is 1. The Kier molecular flexibility index (Phi) is 2.62. The Morgan fingerprint density at radius 2 is 1.62 bits per heavy atom. The molecule has 86 valence electrons. The van der Waals surface area contributed by atoms with Gasteiger partial charge in [0.2, 0.25) is 0 Å². The van der Waals surface area contributed by atoms with E-state index in [-0.39, 0.29) is 5.41 Å². The highest BCUT2D eigenvalue weighted by Crippen LogP contribution is 2.37. The van der Waals surface area contributed by atoms with E-state index in [2.05, 4.69) is 33.8 Å². The van der Waals surface area contributed by atoms with Crippen molar-refractivity contribution < 1.29 is 9.53 Å². The first-order valence-corrected chi connectivity index (χ1v) is 5.64. The Morgan fingerprint density at radius 3 is 1.94 bits per heavy atom. The number of hydrogen-bond acceptors (Lipinski definition) is 2. The van der Waals surface area contributed by atoms with Crippen LogP contribution in [0.3, 0.4) is 0 Å². The fourth-order valence-corrected chi connectivity index (χ4v) is 2.56. The third-order valence-electron chi connectivity index (χ3n) is 3.81. The quantitative estimate of drug-likeness (QED) is 0.712. The predicted octanol–water partition coefficient (Wildman–Crippen LogP) is 2.39. The Labute approximate surface area is 96.6 Å². The highest BCUT2D eigenvalue weighted by atomic mass is 16.5. The average molecular weight is 218 g/mol. The molecule has 1 aromatic carbocycles. The van der Waals surface area contributed by atoms with Crippen LogP contribution in [0.15, 0.2) is 6.07 Å². The van der Waals surface area contributed by atoms with Crippen molar-refractivity contribution in [3.8, 4) is 0 Å². The SMILES string of the molecule is Cc1cc(C)c(C)c(C2(C=O)COC2)c1C. The van der Waals surface area contributed by atoms with Gasteiger partial charge < -0.3 is 9.53 Å². The van der Waals surface area contributed by atoms with Gasteiger partial charge in [-0.05, 0) is 55.5 Å². The number of ether oxygens (including phenoxy) is 1. The zero-order chi connectivity index (χ0) is 11.9. The first-order valence-electron chi connectivity index (χ1n) is 5.64. The number of carbonyl (C=O) groups excluding carboxylic acids is 1. The molecule has 2 heteroatoms. The third kappa shape index (κ3) is 1.40. The molecule has 0 unspecified atom stereocenters. The van der Waals surface area contributed by atoms with Crippen molar-refractivity contribution in [2.45, 2.75) is 33.1 Å². The van der Waals surface area contributed by atoms with Gasteiger partial charge in [0.1, 0.15) is 6.29 Å². The van der Waals surface area contributed by atoms with Crippen LogP contribution in [-0.4, -0.2) is 19.5 Å². The fraction of sp³-hybridized carbons (Fsp3) is 0.500. The highest BCUT2D eigenvalue weighted by Gasteiger charge is 2.42. The predicted molar refractivity (Wildman–Crippen MR) is 64.0 cm³/mol. The molecule has 0 amide bonds. The van der Waals surface area contributed by atoms with E-state index in [1.54, 1.807) is 0 Å². The second-order valence-electron chi connectivity index (χ2n) is 4.90. The molecule has 16 heavy (non-hydrogen) atoms. The maximum atomic E-state index is 11.4. The number of rotatable bonds is 2. The van der Waals surface area contributed by atoms with Crippen LogP contribution < -0.4 is 0 Å². The second kappa shape index (κ2) is 3.70. The smallest absolute Gasteiger partial charge is 0.135 e. The van der Waals surface area contributed by atoms with Crippen LogP contribution in [0.1, 0.15) is 27.8 Å². The maximum absolute atomic E-state index is 11.4. The average Bonchev–Trinajstić information content (AvgIpc) is 2.19. The minimum Gasteiger partial charge on any atom is -0.379 e. The molecule has 0 N–H and O–H groups in total. The lowest BCUT2D eigenvalue weighted by atomic mass is 9.74. The molecular weight excluding hydrogens is 200 g/mol. The molecule has 0 atom stereocenters. The summed E-state index contributed by atoms with van der Waals surface area (Å²) in [7, 11) is 0. The molecule has 1 saturated heterocycles. The van der Waals surface area contributed by atoms with Gasteiger partial charge in [-0.3, -0.25) is 0 Å². The third-order valence-corrected chi connectivity index (χ3v) is 3.81. The van der Waals surface area contributed by atoms with Crippen molar-refractivity contribution in [2.24, 2.45) is 0 Å². The van der Waals surface area contributed by atoms with Crippen molar-refractivity contribution in [3.63, 3.8) is 0 Å². The summed E-state index contributed by atoms with van der Waals surface area (Å²) in [5.41, 5.74) is 5.78. The molecular formula is C14H18O2. The van der Waals surface area contributed by atoms with Gasteiger partial charge in [-0.25, -0.2) is 0 Å². The van der Waals surface area contributed by atoms with E-state index in [9.17, 15) is 4.79 Å². The molecule has 1 aliphatic heterocycles. The molecule has 0 aliphatic carbocycles. The van der Waals surface area contributed by atoms with Gasteiger partial charge >= 0.3 is 0 Å². The van der Waals surface area contributed by atoms with Crippen LogP contribution in [-0.2, 0) is 14.9 Å². The minimum absolute atomic E-state index is 0.384. The van der Waals surface area contributed by atoms with E-state index in [0.29, 0.717) is 13.2 Å². The topological polar surface area (TPSA) is 26.3 Å². The first-order chi connectivity index (χ1) is 7.52. The lowest BCUT2D eigenvalue weighted by molar-refractivity contribution is -0.130. The van der Waals surface area contributed by atoms with Gasteiger partial charge in [0.15, 0.2) is 0 Å². The molecule has 0 saturated carbocycles. The Morgan fingerprint density at radius 1 is 1.12 bits per heavy atom. The van der Waals surface area contributed by atoms with Gasteiger partial charge in [0, 0.05) is 0 Å². The number of aldehydes is 1. The zero-order valence-electron chi connectivity index (χ0n) is 10.4. The number of aryl methyl sites for hydroxylation is 2. The van der Waals surface area contributed by atoms with E-state index in [4.69, 9.17) is 4.74 Å². The lowest BCUT2D eigenvalue weighted by Crippen LogP contribution is -2.49. The van der Waals surface area contributed by atoms with Gasteiger partial charge in [-0.2, -0.15) is 0 Å². The summed E-state index contributed by atoms with van der Waals surface area (Å²) in [6.07, 6.45) is 1.06. The highest BCUT2D eigenvalue weighted by molar-refractivity contribution is 5.73. The molecule has 0 aromatic heterocycles. The Hall–Kier alpha value is -1.15. The second-order valence-corrected chi connectivity index (χ2v) is 4.90. The van der Waals surface area contributed by atoms with Crippen molar-refractivity contribution in [2.75, 3.05) is 13.2 Å². The molecule has 1 fully saturated rings. The van der Waals surface area contributed by atoms with Crippen LogP contribution >= 0.6 is 0 Å². The maximum Gasteiger partial charge on any atom is 0.135 e. The van der Waals surface area contributed by atoms with Crippen LogP contribution in [0, 0.1) is 27.7 Å². The molecule has 1 heterocycles. The first kappa shape index (κ1) is 11.3. The van der Waals surface area contributed by atoms with Crippen molar-refractivity contribution in [3.05, 3.63) is 33.9 Å². The van der Waals surface area contributed by atoms with Crippen LogP contribution in [0.25, 0.3) is 0 Å². The summed E-state index contributed by atoms with van der Waals surface area (Å²) < 4.78 is 5.24. The molecule has 0 spiro atoms. The van der Waals surface area contributed by atoms with Gasteiger partial charge in [0.05, 0.1) is 18.6 Å². The monoisotopic (exact) mass is 218 g/mol. The summed E-state index contributed by atoms with van der Waals surface area (Å²) in [6, 6.07) is 2.19. The Balaban J connectivity index is 2.67.